The van der Waals surface area contributed by atoms with Crippen LogP contribution in [0.5, 0.6) is 23.4 Å². The van der Waals surface area contributed by atoms with E-state index in [0.717, 1.165) is 19.2 Å². The van der Waals surface area contributed by atoms with E-state index in [2.05, 4.69) is 35.9 Å². The van der Waals surface area contributed by atoms with Gasteiger partial charge in [-0.3, -0.25) is 5.32 Å². The molecule has 4 aromatic rings. The average Bonchev–Trinajstić information content (AvgIpc) is 3.08. The van der Waals surface area contributed by atoms with Gasteiger partial charge in [-0.05, 0) is 56.3 Å². The second kappa shape index (κ2) is 17.9. The van der Waals surface area contributed by atoms with Crippen LogP contribution in [-0.4, -0.2) is 73.3 Å². The number of pyridine rings is 1. The van der Waals surface area contributed by atoms with Gasteiger partial charge in [-0.1, -0.05) is 29.7 Å². The molecule has 0 aliphatic carbocycles. The van der Waals surface area contributed by atoms with Crippen molar-refractivity contribution in [1.82, 2.24) is 24.7 Å². The second-order valence-electron chi connectivity index (χ2n) is 9.33. The summed E-state index contributed by atoms with van der Waals surface area (Å²) in [6, 6.07) is 11.4. The number of esters is 2. The van der Waals surface area contributed by atoms with E-state index >= 15 is 0 Å². The number of nitrogens with one attached hydrogen (secondary N) is 2. The molecule has 16 nitrogen and oxygen atoms in total. The van der Waals surface area contributed by atoms with Gasteiger partial charge in [0.15, 0.2) is 18.5 Å². The summed E-state index contributed by atoms with van der Waals surface area (Å²) in [6.07, 6.45) is 5.47. The van der Waals surface area contributed by atoms with Crippen LogP contribution in [-0.2, 0) is 24.3 Å². The van der Waals surface area contributed by atoms with E-state index in [9.17, 15) is 27.2 Å². The van der Waals surface area contributed by atoms with Gasteiger partial charge in [0.2, 0.25) is 5.95 Å². The van der Waals surface area contributed by atoms with Crippen LogP contribution in [0, 0.1) is 25.1 Å². The fourth-order valence-corrected chi connectivity index (χ4v) is 4.79. The van der Waals surface area contributed by atoms with Crippen molar-refractivity contribution in [2.24, 2.45) is 0 Å². The maximum Gasteiger partial charge on any atom is 0.347 e. The van der Waals surface area contributed by atoms with Gasteiger partial charge in [-0.25, -0.2) is 36.9 Å². The highest BCUT2D eigenvalue weighted by molar-refractivity contribution is 7.90. The molecule has 0 saturated carbocycles. The number of hydrogen-bond acceptors (Lipinski definition) is 14. The number of urea groups is 1. The van der Waals surface area contributed by atoms with E-state index in [4.69, 9.17) is 37.0 Å². The second-order valence-corrected chi connectivity index (χ2v) is 11.4. The molecule has 0 fully saturated rings. The summed E-state index contributed by atoms with van der Waals surface area (Å²) in [5.41, 5.74) is -0.215. The number of benzene rings is 2. The lowest BCUT2D eigenvalue weighted by Gasteiger charge is -2.13. The van der Waals surface area contributed by atoms with Crippen molar-refractivity contribution >= 4 is 45.5 Å². The zero-order valence-electron chi connectivity index (χ0n) is 26.7. The molecule has 1 atom stereocenters. The number of aromatic nitrogens is 4. The number of aryl methyl sites for hydroxylation is 1. The molecule has 0 bridgehead atoms. The topological polar surface area (TPSA) is 207 Å². The van der Waals surface area contributed by atoms with E-state index in [-0.39, 0.29) is 40.9 Å². The Morgan fingerprint density at radius 3 is 2.36 bits per heavy atom. The first-order valence-corrected chi connectivity index (χ1v) is 15.8. The smallest absolute Gasteiger partial charge is 0.347 e. The predicted octanol–water partition coefficient (Wildman–Crippen LogP) is 4.10. The first-order chi connectivity index (χ1) is 23.8. The third kappa shape index (κ3) is 11.3. The summed E-state index contributed by atoms with van der Waals surface area (Å²) in [6.45, 7) is 2.96. The number of hydrogen-bond donors (Lipinski definition) is 2. The molecule has 50 heavy (non-hydrogen) atoms. The first kappa shape index (κ1) is 38.4. The lowest BCUT2D eigenvalue weighted by Crippen LogP contribution is -2.35. The average molecular weight is 731 g/mol. The largest absolute Gasteiger partial charge is 0.479 e. The molecule has 2 aromatic heterocycles. The third-order valence-corrected chi connectivity index (χ3v) is 7.29. The predicted molar refractivity (Wildman–Crippen MR) is 174 cm³/mol. The highest BCUT2D eigenvalue weighted by Crippen LogP contribution is 2.26. The lowest BCUT2D eigenvalue weighted by atomic mass is 10.2. The Labute approximate surface area is 290 Å². The van der Waals surface area contributed by atoms with E-state index < -0.39 is 44.8 Å². The summed E-state index contributed by atoms with van der Waals surface area (Å²) >= 11 is 5.62. The number of methoxy groups -OCH3 is 2. The molecular weight excluding hydrogens is 703 g/mol. The minimum absolute atomic E-state index is 0.0494. The van der Waals surface area contributed by atoms with Crippen LogP contribution >= 0.6 is 11.6 Å². The van der Waals surface area contributed by atoms with Crippen molar-refractivity contribution in [3.63, 3.8) is 0 Å². The molecule has 0 saturated heterocycles. The van der Waals surface area contributed by atoms with Crippen LogP contribution < -0.4 is 24.2 Å². The van der Waals surface area contributed by atoms with Crippen molar-refractivity contribution in [2.45, 2.75) is 24.8 Å². The molecule has 2 heterocycles. The summed E-state index contributed by atoms with van der Waals surface area (Å²) in [4.78, 5) is 50.1. The van der Waals surface area contributed by atoms with Crippen LogP contribution in [0.2, 0.25) is 5.02 Å². The Balaban J connectivity index is 0.000000271. The molecule has 19 heteroatoms. The monoisotopic (exact) mass is 730 g/mol. The van der Waals surface area contributed by atoms with Gasteiger partial charge >= 0.3 is 24.0 Å². The number of halogens is 2. The number of anilines is 1. The number of carbonyl (C=O) groups excluding carboxylic acids is 3. The summed E-state index contributed by atoms with van der Waals surface area (Å²) in [5.74, 6) is 0.712. The van der Waals surface area contributed by atoms with Crippen molar-refractivity contribution in [3.8, 4) is 35.7 Å². The molecule has 4 rings (SSSR count). The van der Waals surface area contributed by atoms with Gasteiger partial charge in [-0.2, -0.15) is 15.0 Å². The van der Waals surface area contributed by atoms with Crippen molar-refractivity contribution in [2.75, 3.05) is 26.1 Å². The standard InChI is InChI=1S/C17H13ClFNO4.C14H15N5O6S/c1-3-8-22-17(21)11(2)23-13-4-6-14(7-5-13)24-16-15(19)9-12(18)10-20-16;1-8-15-12(18-14(16-8)25-3)17-13(21)19-26(22,23)10-7-5-4-6-9(10)11(20)24-2/h1,4-7,9-11H,8H2,2H3;4-7H,1-3H3,(H2,15,16,17,18,19,21)/t11-;/m1./s1. The normalized spacial score (nSPS) is 11.0. The van der Waals surface area contributed by atoms with E-state index in [1.807, 2.05) is 0 Å². The van der Waals surface area contributed by atoms with Crippen LogP contribution in [0.15, 0.2) is 65.7 Å². The highest BCUT2D eigenvalue weighted by atomic mass is 35.5. The number of terminal acetylenes is 1. The molecule has 0 aliphatic heterocycles. The minimum Gasteiger partial charge on any atom is -0.479 e. The molecule has 0 unspecified atom stereocenters. The zero-order chi connectivity index (χ0) is 36.8. The Hall–Kier alpha value is -6.06. The van der Waals surface area contributed by atoms with Crippen molar-refractivity contribution in [1.29, 1.82) is 0 Å². The van der Waals surface area contributed by atoms with Crippen LogP contribution in [0.4, 0.5) is 15.1 Å². The molecule has 262 valence electrons. The highest BCUT2D eigenvalue weighted by Gasteiger charge is 2.25. The number of sulfonamides is 1. The Kier molecular flexibility index (Phi) is 13.8. The molecule has 2 aromatic carbocycles. The molecule has 0 aliphatic rings. The van der Waals surface area contributed by atoms with E-state index in [0.29, 0.717) is 11.5 Å². The molecule has 0 spiro atoms. The first-order valence-electron chi connectivity index (χ1n) is 13.9. The van der Waals surface area contributed by atoms with Gasteiger partial charge < -0.3 is 23.7 Å². The van der Waals surface area contributed by atoms with Gasteiger partial charge in [0.1, 0.15) is 22.2 Å². The third-order valence-electron chi connectivity index (χ3n) is 5.70. The fourth-order valence-electron chi connectivity index (χ4n) is 3.55. The minimum atomic E-state index is -4.36. The maximum atomic E-state index is 13.6. The van der Waals surface area contributed by atoms with Gasteiger partial charge in [0, 0.05) is 6.20 Å². The van der Waals surface area contributed by atoms with Crippen LogP contribution in [0.3, 0.4) is 0 Å². The molecular formula is C31H28ClFN6O10S. The van der Waals surface area contributed by atoms with E-state index in [1.54, 1.807) is 29.0 Å². The number of nitrogens with zero attached hydrogens (tertiary/aromatic N) is 4. The summed E-state index contributed by atoms with van der Waals surface area (Å²) in [7, 11) is -1.92. The number of carbonyl (C=O) groups is 3. The maximum absolute atomic E-state index is 13.6. The summed E-state index contributed by atoms with van der Waals surface area (Å²) in [5, 5.41) is 2.33. The molecule has 0 radical (unpaired) electrons. The van der Waals surface area contributed by atoms with Crippen LogP contribution in [0.25, 0.3) is 0 Å². The number of rotatable bonds is 11. The van der Waals surface area contributed by atoms with Crippen molar-refractivity contribution < 1.29 is 50.9 Å². The van der Waals surface area contributed by atoms with E-state index in [1.165, 1.54) is 45.4 Å². The molecule has 2 N–H and O–H groups in total. The Morgan fingerprint density at radius 2 is 1.72 bits per heavy atom. The SMILES string of the molecule is C#CCOC(=O)[C@@H](C)Oc1ccc(Oc2ncc(Cl)cc2F)cc1.COC(=O)c1ccccc1S(=O)(=O)NC(=O)Nc1nc(C)nc(OC)n1. The van der Waals surface area contributed by atoms with Crippen molar-refractivity contribution in [3.05, 3.63) is 83.0 Å². The lowest BCUT2D eigenvalue weighted by molar-refractivity contribution is -0.149. The fraction of sp³-hybridized carbons (Fsp3) is 0.194. The Bertz CT molecular complexity index is 1990. The van der Waals surface area contributed by atoms with Crippen LogP contribution in [0.1, 0.15) is 23.1 Å². The number of ether oxygens (including phenoxy) is 5. The molecule has 2 amide bonds. The summed E-state index contributed by atoms with van der Waals surface area (Å²) < 4.78 is 65.1. The van der Waals surface area contributed by atoms with Gasteiger partial charge in [0.05, 0.1) is 24.8 Å². The Morgan fingerprint density at radius 1 is 1.04 bits per heavy atom. The van der Waals surface area contributed by atoms with Gasteiger partial charge in [0.25, 0.3) is 15.9 Å². The quantitative estimate of drug-likeness (QED) is 0.165. The number of amides is 2. The zero-order valence-corrected chi connectivity index (χ0v) is 28.2. The van der Waals surface area contributed by atoms with Gasteiger partial charge in [-0.15, -0.1) is 6.42 Å².